The zero-order valence-corrected chi connectivity index (χ0v) is 13.6. The molecule has 0 bridgehead atoms. The van der Waals surface area contributed by atoms with E-state index in [9.17, 15) is 9.90 Å². The number of anilines is 1. The lowest BCUT2D eigenvalue weighted by Crippen LogP contribution is -2.42. The van der Waals surface area contributed by atoms with Gasteiger partial charge in [0.1, 0.15) is 5.60 Å². The van der Waals surface area contributed by atoms with Gasteiger partial charge in [0.05, 0.1) is 17.3 Å². The molecule has 1 aromatic rings. The Morgan fingerprint density at radius 2 is 2.00 bits per heavy atom. The van der Waals surface area contributed by atoms with Gasteiger partial charge in [0.25, 0.3) is 0 Å². The largest absolute Gasteiger partial charge is 0.444 e. The maximum atomic E-state index is 11.7. The van der Waals surface area contributed by atoms with Crippen molar-refractivity contribution in [1.29, 1.82) is 0 Å². The van der Waals surface area contributed by atoms with E-state index < -0.39 is 17.2 Å². The van der Waals surface area contributed by atoms with E-state index in [1.165, 1.54) is 0 Å². The summed E-state index contributed by atoms with van der Waals surface area (Å²) in [7, 11) is 0. The number of aliphatic hydroxyl groups is 1. The molecule has 0 saturated carbocycles. The Morgan fingerprint density at radius 3 is 2.48 bits per heavy atom. The van der Waals surface area contributed by atoms with Crippen LogP contribution in [0.1, 0.15) is 33.3 Å². The van der Waals surface area contributed by atoms with Crippen LogP contribution in [0.4, 0.5) is 10.5 Å². The van der Waals surface area contributed by atoms with Gasteiger partial charge in [-0.1, -0.05) is 17.7 Å². The van der Waals surface area contributed by atoms with Crippen molar-refractivity contribution < 1.29 is 14.6 Å². The molecule has 0 saturated heterocycles. The first-order valence-electron chi connectivity index (χ1n) is 6.70. The maximum Gasteiger partial charge on any atom is 0.412 e. The Labute approximate surface area is 130 Å². The highest BCUT2D eigenvalue weighted by atomic mass is 35.5. The summed E-state index contributed by atoms with van der Waals surface area (Å²) in [5.74, 6) is 0. The van der Waals surface area contributed by atoms with Crippen LogP contribution in [0.3, 0.4) is 0 Å². The van der Waals surface area contributed by atoms with Crippen molar-refractivity contribution in [3.05, 3.63) is 28.8 Å². The third kappa shape index (κ3) is 6.33. The Morgan fingerprint density at radius 1 is 1.38 bits per heavy atom. The third-order valence-electron chi connectivity index (χ3n) is 2.64. The van der Waals surface area contributed by atoms with Gasteiger partial charge in [-0.05, 0) is 51.8 Å². The molecule has 1 atom stereocenters. The molecule has 1 aromatic carbocycles. The number of carbonyl (C=O) groups excluding carboxylic acids is 1. The Hall–Kier alpha value is -1.30. The molecule has 0 radical (unpaired) electrons. The van der Waals surface area contributed by atoms with Crippen LogP contribution in [0.15, 0.2) is 18.2 Å². The van der Waals surface area contributed by atoms with Crippen molar-refractivity contribution in [3.63, 3.8) is 0 Å². The number of hydrogen-bond acceptors (Lipinski definition) is 4. The van der Waals surface area contributed by atoms with Crippen LogP contribution >= 0.6 is 11.6 Å². The van der Waals surface area contributed by atoms with Crippen molar-refractivity contribution in [2.45, 2.75) is 45.3 Å². The molecular formula is C15H23ClN2O3. The van der Waals surface area contributed by atoms with Gasteiger partial charge in [0.2, 0.25) is 0 Å². The first-order valence-corrected chi connectivity index (χ1v) is 7.08. The van der Waals surface area contributed by atoms with Crippen molar-refractivity contribution >= 4 is 23.4 Å². The van der Waals surface area contributed by atoms with Gasteiger partial charge in [-0.2, -0.15) is 0 Å². The van der Waals surface area contributed by atoms with E-state index >= 15 is 0 Å². The van der Waals surface area contributed by atoms with Crippen LogP contribution in [-0.4, -0.2) is 28.9 Å². The normalized spacial score (nSPS) is 14.4. The molecule has 21 heavy (non-hydrogen) atoms. The predicted octanol–water partition coefficient (Wildman–Crippen LogP) is 2.94. The third-order valence-corrected chi connectivity index (χ3v) is 2.95. The summed E-state index contributed by atoms with van der Waals surface area (Å²) in [6.07, 6.45) is -0.0770. The number of ether oxygens (including phenoxy) is 1. The van der Waals surface area contributed by atoms with Crippen LogP contribution in [0, 0.1) is 0 Å². The highest BCUT2D eigenvalue weighted by molar-refractivity contribution is 6.33. The molecule has 1 unspecified atom stereocenters. The molecule has 5 nitrogen and oxygen atoms in total. The molecule has 0 heterocycles. The molecule has 0 spiro atoms. The molecular weight excluding hydrogens is 292 g/mol. The number of rotatable bonds is 4. The Balaban J connectivity index is 2.77. The van der Waals surface area contributed by atoms with E-state index in [-0.39, 0.29) is 6.61 Å². The number of carbonyl (C=O) groups is 1. The van der Waals surface area contributed by atoms with Gasteiger partial charge in [0.15, 0.2) is 0 Å². The zero-order chi connectivity index (χ0) is 16.3. The zero-order valence-electron chi connectivity index (χ0n) is 12.9. The summed E-state index contributed by atoms with van der Waals surface area (Å²) < 4.78 is 5.16. The van der Waals surface area contributed by atoms with Gasteiger partial charge in [-0.15, -0.1) is 0 Å². The minimum Gasteiger partial charge on any atom is -0.444 e. The summed E-state index contributed by atoms with van der Waals surface area (Å²) in [4.78, 5) is 11.7. The Bertz CT molecular complexity index is 510. The number of nitrogens with one attached hydrogen (secondary N) is 1. The highest BCUT2D eigenvalue weighted by Gasteiger charge is 2.19. The molecule has 0 fully saturated rings. The topological polar surface area (TPSA) is 84.6 Å². The molecule has 0 aromatic heterocycles. The van der Waals surface area contributed by atoms with E-state index in [2.05, 4.69) is 5.32 Å². The van der Waals surface area contributed by atoms with Crippen LogP contribution in [0.25, 0.3) is 0 Å². The second-order valence-corrected chi connectivity index (χ2v) is 6.84. The van der Waals surface area contributed by atoms with Crippen molar-refractivity contribution in [3.8, 4) is 0 Å². The second kappa shape index (κ2) is 6.64. The molecule has 6 heteroatoms. The van der Waals surface area contributed by atoms with Crippen LogP contribution in [0.5, 0.6) is 0 Å². The van der Waals surface area contributed by atoms with E-state index in [1.807, 2.05) is 0 Å². The van der Waals surface area contributed by atoms with E-state index in [0.717, 1.165) is 5.56 Å². The minimum atomic E-state index is -0.705. The van der Waals surface area contributed by atoms with E-state index in [4.69, 9.17) is 22.1 Å². The van der Waals surface area contributed by atoms with Crippen molar-refractivity contribution in [1.82, 2.24) is 0 Å². The van der Waals surface area contributed by atoms with Gasteiger partial charge >= 0.3 is 6.09 Å². The minimum absolute atomic E-state index is 0.122. The van der Waals surface area contributed by atoms with Crippen LogP contribution in [0.2, 0.25) is 5.02 Å². The number of aliphatic hydroxyl groups excluding tert-OH is 1. The number of halogens is 1. The van der Waals surface area contributed by atoms with Gasteiger partial charge in [-0.3, -0.25) is 5.32 Å². The monoisotopic (exact) mass is 314 g/mol. The quantitative estimate of drug-likeness (QED) is 0.797. The first-order chi connectivity index (χ1) is 9.52. The van der Waals surface area contributed by atoms with Gasteiger partial charge in [0, 0.05) is 5.54 Å². The molecule has 1 amide bonds. The molecule has 0 aliphatic rings. The second-order valence-electron chi connectivity index (χ2n) is 6.43. The molecule has 118 valence electrons. The lowest BCUT2D eigenvalue weighted by molar-refractivity contribution is 0.0636. The lowest BCUT2D eigenvalue weighted by Gasteiger charge is -2.22. The van der Waals surface area contributed by atoms with E-state index in [1.54, 1.807) is 45.9 Å². The van der Waals surface area contributed by atoms with Gasteiger partial charge in [-0.25, -0.2) is 4.79 Å². The highest BCUT2D eigenvalue weighted by Crippen LogP contribution is 2.25. The lowest BCUT2D eigenvalue weighted by atomic mass is 9.95. The smallest absolute Gasteiger partial charge is 0.412 e. The molecule has 4 N–H and O–H groups in total. The first kappa shape index (κ1) is 17.8. The summed E-state index contributed by atoms with van der Waals surface area (Å²) in [5, 5.41) is 12.2. The fourth-order valence-corrected chi connectivity index (χ4v) is 1.96. The number of benzene rings is 1. The van der Waals surface area contributed by atoms with Gasteiger partial charge < -0.3 is 15.6 Å². The molecule has 0 aliphatic heterocycles. The average molecular weight is 315 g/mol. The van der Waals surface area contributed by atoms with Crippen LogP contribution in [-0.2, 0) is 11.2 Å². The summed E-state index contributed by atoms with van der Waals surface area (Å²) in [6.45, 7) is 6.99. The SMILES string of the molecule is CC(N)(CO)Cc1ccc(NC(=O)OC(C)(C)C)c(Cl)c1. The van der Waals surface area contributed by atoms with Crippen molar-refractivity contribution in [2.75, 3.05) is 11.9 Å². The number of nitrogens with two attached hydrogens (primary N) is 1. The summed E-state index contributed by atoms with van der Waals surface area (Å²) in [6, 6.07) is 5.21. The fraction of sp³-hybridized carbons (Fsp3) is 0.533. The number of amides is 1. The van der Waals surface area contributed by atoms with Crippen molar-refractivity contribution in [2.24, 2.45) is 5.73 Å². The summed E-state index contributed by atoms with van der Waals surface area (Å²) in [5.41, 5.74) is 5.98. The van der Waals surface area contributed by atoms with E-state index in [0.29, 0.717) is 17.1 Å². The average Bonchev–Trinajstić information content (AvgIpc) is 2.30. The van der Waals surface area contributed by atoms with Crippen LogP contribution < -0.4 is 11.1 Å². The Kier molecular flexibility index (Phi) is 5.61. The molecule has 0 aliphatic carbocycles. The fourth-order valence-electron chi connectivity index (χ4n) is 1.71. The number of hydrogen-bond donors (Lipinski definition) is 3. The molecule has 1 rings (SSSR count). The predicted molar refractivity (Wildman–Crippen MR) is 84.7 cm³/mol. The standard InChI is InChI=1S/C15H23ClN2O3/c1-14(2,3)21-13(20)18-12-6-5-10(7-11(12)16)8-15(4,17)9-19/h5-7,19H,8-9,17H2,1-4H3,(H,18,20). The summed E-state index contributed by atoms with van der Waals surface area (Å²) >= 11 is 6.14. The maximum absolute atomic E-state index is 11.7.